The Hall–Kier alpha value is -1.36. The quantitative estimate of drug-likeness (QED) is 0.759. The Kier molecular flexibility index (Phi) is 6.38. The molecule has 3 unspecified atom stereocenters. The van der Waals surface area contributed by atoms with Gasteiger partial charge in [0.25, 0.3) is 0 Å². The van der Waals surface area contributed by atoms with Crippen molar-refractivity contribution in [3.8, 4) is 0 Å². The van der Waals surface area contributed by atoms with Gasteiger partial charge in [0.15, 0.2) is 0 Å². The smallest absolute Gasteiger partial charge is 0.0894 e. The van der Waals surface area contributed by atoms with E-state index in [9.17, 15) is 0 Å². The maximum atomic E-state index is 6.42. The molecule has 1 aromatic carbocycles. The molecule has 1 saturated heterocycles. The van der Waals surface area contributed by atoms with E-state index in [4.69, 9.17) is 4.74 Å². The van der Waals surface area contributed by atoms with Crippen LogP contribution >= 0.6 is 11.3 Å². The molecule has 142 valence electrons. The molecule has 0 radical (unpaired) electrons. The van der Waals surface area contributed by atoms with E-state index in [0.29, 0.717) is 12.0 Å². The number of thiophene rings is 1. The third-order valence-corrected chi connectivity index (χ3v) is 5.89. The molecular weight excluding hydrogens is 340 g/mol. The molecule has 1 fully saturated rings. The summed E-state index contributed by atoms with van der Waals surface area (Å²) >= 11 is 1.71. The Labute approximate surface area is 162 Å². The van der Waals surface area contributed by atoms with Crippen molar-refractivity contribution in [2.45, 2.75) is 51.2 Å². The van der Waals surface area contributed by atoms with Crippen molar-refractivity contribution in [2.24, 2.45) is 5.92 Å². The lowest BCUT2D eigenvalue weighted by Crippen LogP contribution is -2.40. The van der Waals surface area contributed by atoms with Crippen LogP contribution in [0.3, 0.4) is 0 Å². The summed E-state index contributed by atoms with van der Waals surface area (Å²) in [4.78, 5) is 0. The molecule has 1 aromatic heterocycles. The average Bonchev–Trinajstić information content (AvgIpc) is 3.20. The molecule has 2 aromatic rings. The minimum atomic E-state index is 0.182. The fraction of sp³-hybridized carbons (Fsp3) is 0.545. The number of fused-ring (bicyclic) bond motifs is 3. The van der Waals surface area contributed by atoms with Gasteiger partial charge in [-0.15, -0.1) is 0 Å². The highest BCUT2D eigenvalue weighted by molar-refractivity contribution is 7.07. The fourth-order valence-corrected chi connectivity index (χ4v) is 4.20. The summed E-state index contributed by atoms with van der Waals surface area (Å²) in [6.45, 7) is 8.81. The number of benzene rings is 1. The molecule has 3 atom stereocenters. The predicted octanol–water partition coefficient (Wildman–Crippen LogP) is 5.21. The van der Waals surface area contributed by atoms with Crippen LogP contribution in [0, 0.1) is 5.92 Å². The Morgan fingerprint density at radius 1 is 1.19 bits per heavy atom. The monoisotopic (exact) mass is 372 g/mol. The van der Waals surface area contributed by atoms with E-state index < -0.39 is 0 Å². The summed E-state index contributed by atoms with van der Waals surface area (Å²) in [6, 6.07) is 10.9. The van der Waals surface area contributed by atoms with Gasteiger partial charge in [-0.1, -0.05) is 45.0 Å². The highest BCUT2D eigenvalue weighted by atomic mass is 32.1. The second-order valence-electron chi connectivity index (χ2n) is 8.30. The van der Waals surface area contributed by atoms with Crippen LogP contribution in [0.25, 0.3) is 0 Å². The molecule has 2 aliphatic rings. The van der Waals surface area contributed by atoms with E-state index in [1.807, 2.05) is 29.9 Å². The van der Waals surface area contributed by atoms with Crippen molar-refractivity contribution in [1.82, 2.24) is 5.32 Å². The topological polar surface area (TPSA) is 33.3 Å². The molecule has 0 saturated carbocycles. The molecule has 0 bridgehead atoms. The van der Waals surface area contributed by atoms with E-state index in [1.54, 1.807) is 11.3 Å². The number of rotatable bonds is 2. The zero-order valence-electron chi connectivity index (χ0n) is 16.4. The summed E-state index contributed by atoms with van der Waals surface area (Å²) < 4.78 is 6.42. The van der Waals surface area contributed by atoms with Crippen LogP contribution < -0.4 is 10.6 Å². The number of hydrogen-bond donors (Lipinski definition) is 2. The molecule has 3 nitrogen and oxygen atoms in total. The molecular formula is C22H32N2OS. The number of nitrogens with one attached hydrogen (secondary N) is 2. The van der Waals surface area contributed by atoms with Crippen LogP contribution in [-0.4, -0.2) is 26.2 Å². The van der Waals surface area contributed by atoms with Crippen molar-refractivity contribution < 1.29 is 4.74 Å². The minimum Gasteiger partial charge on any atom is -0.384 e. The highest BCUT2D eigenvalue weighted by Crippen LogP contribution is 2.43. The summed E-state index contributed by atoms with van der Waals surface area (Å²) in [5.41, 5.74) is 4.19. The maximum Gasteiger partial charge on any atom is 0.0894 e. The van der Waals surface area contributed by atoms with Crippen molar-refractivity contribution >= 4 is 17.0 Å². The first-order chi connectivity index (χ1) is 12.5. The molecule has 4 rings (SSSR count). The lowest BCUT2D eigenvalue weighted by Gasteiger charge is -2.41. The van der Waals surface area contributed by atoms with E-state index in [0.717, 1.165) is 19.5 Å². The molecule has 2 N–H and O–H groups in total. The number of hydrogen-bond acceptors (Lipinski definition) is 4. The molecule has 0 amide bonds. The Morgan fingerprint density at radius 2 is 1.96 bits per heavy atom. The van der Waals surface area contributed by atoms with Gasteiger partial charge in [-0.3, -0.25) is 0 Å². The third kappa shape index (κ3) is 4.67. The van der Waals surface area contributed by atoms with Gasteiger partial charge >= 0.3 is 0 Å². The molecule has 0 aliphatic carbocycles. The number of likely N-dealkylation sites (N-methyl/N-ethyl adjacent to an activating group) is 1. The highest BCUT2D eigenvalue weighted by Gasteiger charge is 2.36. The number of ether oxygens (including phenoxy) is 1. The van der Waals surface area contributed by atoms with E-state index in [2.05, 4.69) is 49.6 Å². The predicted molar refractivity (Wildman–Crippen MR) is 112 cm³/mol. The van der Waals surface area contributed by atoms with Crippen molar-refractivity contribution in [1.29, 1.82) is 0 Å². The first-order valence-corrected chi connectivity index (χ1v) is 10.6. The average molecular weight is 373 g/mol. The Bertz CT molecular complexity index is 661. The van der Waals surface area contributed by atoms with Crippen LogP contribution in [0.5, 0.6) is 0 Å². The number of anilines is 1. The van der Waals surface area contributed by atoms with Gasteiger partial charge in [-0.2, -0.15) is 11.3 Å². The van der Waals surface area contributed by atoms with Crippen molar-refractivity contribution in [2.75, 3.05) is 25.5 Å². The van der Waals surface area contributed by atoms with Gasteiger partial charge in [0.05, 0.1) is 12.2 Å². The maximum absolute atomic E-state index is 6.42. The molecule has 26 heavy (non-hydrogen) atoms. The molecule has 4 heteroatoms. The second-order valence-corrected chi connectivity index (χ2v) is 9.12. The molecule has 2 aliphatic heterocycles. The van der Waals surface area contributed by atoms with Crippen LogP contribution in [0.4, 0.5) is 5.69 Å². The standard InChI is InChI=1S/C18H28N2O.C4H4S/c1-18(2,3)13-6-8-16-15(9-13)17-12(10-20-16)5-7-14(21-17)11-19-4;1-2-4-5-3-1/h6,8-9,12,14,17,19-20H,5,7,10-11H2,1-4H3;1-4H. The zero-order valence-corrected chi connectivity index (χ0v) is 17.2. The van der Waals surface area contributed by atoms with Gasteiger partial charge in [0, 0.05) is 30.3 Å². The third-order valence-electron chi connectivity index (χ3n) is 5.26. The summed E-state index contributed by atoms with van der Waals surface area (Å²) in [5, 5.41) is 10.9. The van der Waals surface area contributed by atoms with Crippen LogP contribution in [0.1, 0.15) is 50.8 Å². The van der Waals surface area contributed by atoms with E-state index in [-0.39, 0.29) is 11.5 Å². The van der Waals surface area contributed by atoms with Crippen LogP contribution in [0.2, 0.25) is 0 Å². The van der Waals surface area contributed by atoms with Gasteiger partial charge in [-0.05, 0) is 47.7 Å². The first-order valence-electron chi connectivity index (χ1n) is 9.64. The van der Waals surface area contributed by atoms with Gasteiger partial charge in [-0.25, -0.2) is 0 Å². The first kappa shape index (κ1) is 19.4. The second kappa shape index (κ2) is 8.55. The normalized spacial score (nSPS) is 24.5. The minimum absolute atomic E-state index is 0.182. The van der Waals surface area contributed by atoms with E-state index >= 15 is 0 Å². The van der Waals surface area contributed by atoms with Crippen LogP contribution in [-0.2, 0) is 10.2 Å². The molecule has 0 spiro atoms. The van der Waals surface area contributed by atoms with Gasteiger partial charge in [0.1, 0.15) is 0 Å². The molecule has 3 heterocycles. The lowest BCUT2D eigenvalue weighted by atomic mass is 9.80. The van der Waals surface area contributed by atoms with E-state index in [1.165, 1.54) is 23.2 Å². The SMILES string of the molecule is CNCC1CCC2CNc3ccc(C(C)(C)C)cc3C2O1.c1ccsc1. The van der Waals surface area contributed by atoms with Crippen molar-refractivity contribution in [3.63, 3.8) is 0 Å². The van der Waals surface area contributed by atoms with Crippen LogP contribution in [0.15, 0.2) is 41.1 Å². The fourth-order valence-electron chi connectivity index (χ4n) is 3.75. The summed E-state index contributed by atoms with van der Waals surface area (Å²) in [6.07, 6.45) is 3.03. The summed E-state index contributed by atoms with van der Waals surface area (Å²) in [5.74, 6) is 0.612. The lowest BCUT2D eigenvalue weighted by molar-refractivity contribution is -0.0820. The Morgan fingerprint density at radius 3 is 2.58 bits per heavy atom. The summed E-state index contributed by atoms with van der Waals surface area (Å²) in [7, 11) is 2.00. The van der Waals surface area contributed by atoms with Gasteiger partial charge in [0.2, 0.25) is 0 Å². The Balaban J connectivity index is 0.000000339. The largest absolute Gasteiger partial charge is 0.384 e. The zero-order chi connectivity index (χ0) is 18.6. The van der Waals surface area contributed by atoms with Crippen molar-refractivity contribution in [3.05, 3.63) is 52.2 Å². The van der Waals surface area contributed by atoms with Gasteiger partial charge < -0.3 is 15.4 Å².